The second-order valence-corrected chi connectivity index (χ2v) is 13.4. The van der Waals surface area contributed by atoms with Crippen molar-refractivity contribution in [2.75, 3.05) is 25.6 Å². The lowest BCUT2D eigenvalue weighted by atomic mass is 9.89. The predicted molar refractivity (Wildman–Crippen MR) is 200 cm³/mol. The fourth-order valence-electron chi connectivity index (χ4n) is 6.49. The van der Waals surface area contributed by atoms with Gasteiger partial charge in [0.25, 0.3) is 11.8 Å². The number of methoxy groups -OCH3 is 1. The molecule has 55 heavy (non-hydrogen) atoms. The van der Waals surface area contributed by atoms with Crippen molar-refractivity contribution in [1.29, 1.82) is 0 Å². The normalized spacial score (nSPS) is 14.8. The van der Waals surface area contributed by atoms with E-state index in [9.17, 15) is 37.1 Å². The summed E-state index contributed by atoms with van der Waals surface area (Å²) in [5.74, 6) is -3.76. The number of hydrogen-bond acceptors (Lipinski definition) is 6. The van der Waals surface area contributed by atoms with Crippen LogP contribution in [0.1, 0.15) is 68.3 Å². The highest BCUT2D eigenvalue weighted by Crippen LogP contribution is 2.27. The number of anilines is 1. The Labute approximate surface area is 317 Å². The minimum Gasteiger partial charge on any atom is -0.465 e. The van der Waals surface area contributed by atoms with Gasteiger partial charge in [-0.25, -0.2) is 22.4 Å². The molecule has 0 radical (unpaired) electrons. The first-order chi connectivity index (χ1) is 26.2. The van der Waals surface area contributed by atoms with E-state index >= 15 is 0 Å². The lowest BCUT2D eigenvalue weighted by Gasteiger charge is -2.27. The summed E-state index contributed by atoms with van der Waals surface area (Å²) in [6, 6.07) is 16.1. The van der Waals surface area contributed by atoms with Gasteiger partial charge in [-0.2, -0.15) is 0 Å². The molecular weight excluding hydrogens is 720 g/mol. The summed E-state index contributed by atoms with van der Waals surface area (Å²) in [6.07, 6.45) is -0.177. The number of nitrogens with one attached hydrogen (secondary N) is 2. The molecule has 3 amide bonds. The monoisotopic (exact) mass is 766 g/mol. The predicted octanol–water partition coefficient (Wildman–Crippen LogP) is 6.54. The van der Waals surface area contributed by atoms with E-state index in [-0.39, 0.29) is 41.9 Å². The summed E-state index contributed by atoms with van der Waals surface area (Å²) < 4.78 is 57.8. The Bertz CT molecular complexity index is 1960. The van der Waals surface area contributed by atoms with Gasteiger partial charge in [0, 0.05) is 55.9 Å². The molecule has 10 nitrogen and oxygen atoms in total. The van der Waals surface area contributed by atoms with Gasteiger partial charge in [0.1, 0.15) is 23.3 Å². The first-order valence-electron chi connectivity index (χ1n) is 17.8. The molecule has 1 aliphatic rings. The largest absolute Gasteiger partial charge is 0.465 e. The lowest BCUT2D eigenvalue weighted by Crippen LogP contribution is -2.41. The van der Waals surface area contributed by atoms with E-state index in [1.807, 2.05) is 31.2 Å². The van der Waals surface area contributed by atoms with Crippen LogP contribution in [0.3, 0.4) is 0 Å². The minimum atomic E-state index is -1.39. The number of rotatable bonds is 13. The number of hydrogen-bond donors (Lipinski definition) is 5. The molecule has 0 bridgehead atoms. The van der Waals surface area contributed by atoms with Crippen LogP contribution in [-0.4, -0.2) is 71.5 Å². The lowest BCUT2D eigenvalue weighted by molar-refractivity contribution is 0.0628. The number of carboxylic acid groups (broad SMARTS) is 1. The second-order valence-electron chi connectivity index (χ2n) is 13.4. The highest BCUT2D eigenvalue weighted by molar-refractivity contribution is 6.02. The van der Waals surface area contributed by atoms with Crippen LogP contribution in [0.4, 0.5) is 28.0 Å². The number of likely N-dealkylation sites (tertiary alicyclic amines) is 1. The Balaban J connectivity index is 0.000000477. The van der Waals surface area contributed by atoms with E-state index in [0.29, 0.717) is 42.5 Å². The van der Waals surface area contributed by atoms with Crippen molar-refractivity contribution in [3.63, 3.8) is 0 Å². The second kappa shape index (κ2) is 19.9. The van der Waals surface area contributed by atoms with Gasteiger partial charge in [0.2, 0.25) is 0 Å². The molecule has 0 unspecified atom stereocenters. The van der Waals surface area contributed by atoms with Gasteiger partial charge in [-0.3, -0.25) is 14.9 Å². The third kappa shape index (κ3) is 12.1. The van der Waals surface area contributed by atoms with E-state index in [1.165, 1.54) is 12.1 Å². The molecule has 1 heterocycles. The number of carbonyl (C=O) groups is 3. The van der Waals surface area contributed by atoms with Crippen molar-refractivity contribution >= 4 is 23.6 Å². The number of aryl methyl sites for hydroxylation is 2. The van der Waals surface area contributed by atoms with E-state index in [2.05, 4.69) is 12.2 Å². The maximum atomic E-state index is 14.0. The van der Waals surface area contributed by atoms with Crippen LogP contribution >= 0.6 is 0 Å². The van der Waals surface area contributed by atoms with Crippen molar-refractivity contribution in [1.82, 2.24) is 10.2 Å². The molecule has 0 aromatic heterocycles. The molecule has 4 aromatic carbocycles. The Kier molecular flexibility index (Phi) is 15.3. The molecular formula is C41H46F4N4O6. The fourth-order valence-corrected chi connectivity index (χ4v) is 6.49. The molecule has 1 saturated heterocycles. The standard InChI is InChI=1S/C34H41F2N3O4.C7H5F2NO2/c1-4-22-7-5-8-23(13-22)19-38-33(41)29-11-21(2)12-30(34(42)39-10-6-9-27(39)20-43-3)28(29)18-32(40)31(37)16-24-14-25(35)17-26(36)15-24;8-4-1-2-6(5(9)3-4)10-7(11)12/h5,7-8,11-15,17,27,31-32,40H,4,6,9-10,16,18-20,37H2,1-3H3,(H,38,41);1-3,10H,(H,11,12)/t27-,31-,32+;/m0./s1. The van der Waals surface area contributed by atoms with Crippen molar-refractivity contribution in [3.05, 3.63) is 135 Å². The number of halogens is 4. The summed E-state index contributed by atoms with van der Waals surface area (Å²) in [5, 5.41) is 24.2. The molecule has 6 N–H and O–H groups in total. The highest BCUT2D eigenvalue weighted by atomic mass is 19.1. The molecule has 5 rings (SSSR count). The minimum absolute atomic E-state index is 0.00231. The summed E-state index contributed by atoms with van der Waals surface area (Å²) in [5.41, 5.74) is 10.2. The number of nitrogens with two attached hydrogens (primary N) is 1. The maximum Gasteiger partial charge on any atom is 0.409 e. The number of ether oxygens (including phenoxy) is 1. The molecule has 0 aliphatic carbocycles. The van der Waals surface area contributed by atoms with Crippen LogP contribution in [-0.2, 0) is 30.5 Å². The van der Waals surface area contributed by atoms with Crippen molar-refractivity contribution in [2.24, 2.45) is 5.73 Å². The van der Waals surface area contributed by atoms with Crippen molar-refractivity contribution in [3.8, 4) is 0 Å². The van der Waals surface area contributed by atoms with Gasteiger partial charge < -0.3 is 30.9 Å². The zero-order valence-electron chi connectivity index (χ0n) is 30.9. The Morgan fingerprint density at radius 1 is 0.909 bits per heavy atom. The number of carbonyl (C=O) groups excluding carboxylic acids is 2. The number of amides is 3. The van der Waals surface area contributed by atoms with Crippen LogP contribution in [0, 0.1) is 30.2 Å². The molecule has 4 aromatic rings. The molecule has 0 spiro atoms. The summed E-state index contributed by atoms with van der Waals surface area (Å²) >= 11 is 0. The van der Waals surface area contributed by atoms with Crippen LogP contribution in [0.25, 0.3) is 0 Å². The van der Waals surface area contributed by atoms with Gasteiger partial charge in [-0.05, 0) is 96.8 Å². The SMILES string of the molecule is CCc1cccc(CNC(=O)c2cc(C)cc(C(=O)N3CCC[C@H]3COC)c2C[C@@H](O)[C@@H](N)Cc2cc(F)cc(F)c2)c1.O=C(O)Nc1ccc(F)cc1F. The maximum absolute atomic E-state index is 14.0. The van der Waals surface area contributed by atoms with Gasteiger partial charge in [0.05, 0.1) is 24.4 Å². The average Bonchev–Trinajstić information content (AvgIpc) is 3.60. The van der Waals surface area contributed by atoms with E-state index in [4.69, 9.17) is 15.6 Å². The first kappa shape index (κ1) is 42.4. The van der Waals surface area contributed by atoms with Gasteiger partial charge in [-0.15, -0.1) is 0 Å². The van der Waals surface area contributed by atoms with Crippen LogP contribution in [0.2, 0.25) is 0 Å². The van der Waals surface area contributed by atoms with Crippen LogP contribution in [0.5, 0.6) is 0 Å². The van der Waals surface area contributed by atoms with E-state index < -0.39 is 41.5 Å². The average molecular weight is 767 g/mol. The molecule has 294 valence electrons. The summed E-state index contributed by atoms with van der Waals surface area (Å²) in [7, 11) is 1.60. The number of aliphatic hydroxyl groups is 1. The first-order valence-corrected chi connectivity index (χ1v) is 17.8. The summed E-state index contributed by atoms with van der Waals surface area (Å²) in [4.78, 5) is 39.5. The van der Waals surface area contributed by atoms with E-state index in [0.717, 1.165) is 54.2 Å². The number of nitrogens with zero attached hydrogens (tertiary/aromatic N) is 1. The smallest absolute Gasteiger partial charge is 0.409 e. The zero-order valence-corrected chi connectivity index (χ0v) is 30.9. The molecule has 14 heteroatoms. The van der Waals surface area contributed by atoms with Gasteiger partial charge >= 0.3 is 6.09 Å². The molecule has 1 aliphatic heterocycles. The Hall–Kier alpha value is -5.31. The van der Waals surface area contributed by atoms with E-state index in [1.54, 1.807) is 29.5 Å². The van der Waals surface area contributed by atoms with Crippen molar-refractivity contribution < 1.29 is 46.9 Å². The van der Waals surface area contributed by atoms with Gasteiger partial charge in [-0.1, -0.05) is 31.2 Å². The third-order valence-electron chi connectivity index (χ3n) is 9.19. The molecule has 3 atom stereocenters. The topological polar surface area (TPSA) is 154 Å². The third-order valence-corrected chi connectivity index (χ3v) is 9.19. The molecule has 1 fully saturated rings. The van der Waals surface area contributed by atoms with Crippen LogP contribution < -0.4 is 16.4 Å². The van der Waals surface area contributed by atoms with Gasteiger partial charge in [0.15, 0.2) is 0 Å². The number of aliphatic hydroxyl groups excluding tert-OH is 1. The Morgan fingerprint density at radius 3 is 2.25 bits per heavy atom. The highest BCUT2D eigenvalue weighted by Gasteiger charge is 2.33. The fraction of sp³-hybridized carbons (Fsp3) is 0.341. The quantitative estimate of drug-likeness (QED) is 0.0969. The van der Waals surface area contributed by atoms with Crippen molar-refractivity contribution in [2.45, 2.75) is 70.7 Å². The summed E-state index contributed by atoms with van der Waals surface area (Å²) in [6.45, 7) is 5.13. The number of benzene rings is 4. The zero-order chi connectivity index (χ0) is 40.2. The molecule has 0 saturated carbocycles. The Morgan fingerprint density at radius 2 is 1.60 bits per heavy atom. The van der Waals surface area contributed by atoms with Crippen LogP contribution in [0.15, 0.2) is 72.8 Å².